The fourth-order valence-corrected chi connectivity index (χ4v) is 4.41. The van der Waals surface area contributed by atoms with Crippen LogP contribution in [0.15, 0.2) is 106 Å². The Balaban J connectivity index is 1.44. The zero-order valence-corrected chi connectivity index (χ0v) is 21.2. The Morgan fingerprint density at radius 1 is 0.972 bits per heavy atom. The molecule has 0 bridgehead atoms. The average Bonchev–Trinajstić information content (AvgIpc) is 2.89. The van der Waals surface area contributed by atoms with Crippen LogP contribution in [-0.2, 0) is 5.75 Å². The third-order valence-electron chi connectivity index (χ3n) is 4.95. The summed E-state index contributed by atoms with van der Waals surface area (Å²) >= 11 is 5.00. The Hall–Kier alpha value is -3.82. The molecule has 9 heteroatoms. The van der Waals surface area contributed by atoms with E-state index in [9.17, 15) is 14.0 Å². The molecule has 0 radical (unpaired) electrons. The van der Waals surface area contributed by atoms with E-state index in [0.29, 0.717) is 27.0 Å². The zero-order chi connectivity index (χ0) is 25.3. The van der Waals surface area contributed by atoms with Gasteiger partial charge in [-0.2, -0.15) is 5.10 Å². The van der Waals surface area contributed by atoms with E-state index in [4.69, 9.17) is 0 Å². The summed E-state index contributed by atoms with van der Waals surface area (Å²) < 4.78 is 14.0. The first-order valence-corrected chi connectivity index (χ1v) is 12.6. The first kappa shape index (κ1) is 25.3. The lowest BCUT2D eigenvalue weighted by atomic mass is 10.1. The zero-order valence-electron chi connectivity index (χ0n) is 18.8. The van der Waals surface area contributed by atoms with Crippen molar-refractivity contribution in [2.24, 2.45) is 5.10 Å². The second kappa shape index (κ2) is 12.2. The summed E-state index contributed by atoms with van der Waals surface area (Å²) in [5, 5.41) is 6.71. The van der Waals surface area contributed by atoms with Gasteiger partial charge in [-0.05, 0) is 65.7 Å². The molecule has 0 saturated heterocycles. The molecule has 0 fully saturated rings. The molecule has 36 heavy (non-hydrogen) atoms. The van der Waals surface area contributed by atoms with Crippen molar-refractivity contribution in [1.82, 2.24) is 10.4 Å². The molecule has 1 heterocycles. The van der Waals surface area contributed by atoms with Gasteiger partial charge in [0, 0.05) is 33.1 Å². The number of aromatic nitrogens is 1. The van der Waals surface area contributed by atoms with Gasteiger partial charge in [-0.1, -0.05) is 40.2 Å². The van der Waals surface area contributed by atoms with Gasteiger partial charge in [0.25, 0.3) is 11.8 Å². The van der Waals surface area contributed by atoms with Gasteiger partial charge in [0.2, 0.25) is 0 Å². The number of hydrogen-bond acceptors (Lipinski definition) is 5. The van der Waals surface area contributed by atoms with E-state index in [0.717, 1.165) is 10.5 Å². The maximum Gasteiger partial charge on any atom is 0.273 e. The number of pyridine rings is 1. The van der Waals surface area contributed by atoms with Crippen molar-refractivity contribution in [3.63, 3.8) is 0 Å². The molecule has 4 rings (SSSR count). The number of nitrogens with one attached hydrogen (secondary N) is 2. The number of amides is 2. The third kappa shape index (κ3) is 7.10. The molecule has 3 aromatic carbocycles. The first-order chi connectivity index (χ1) is 17.5. The normalized spacial score (nSPS) is 10.8. The molecule has 0 saturated carbocycles. The lowest BCUT2D eigenvalue weighted by Gasteiger charge is -2.11. The first-order valence-electron chi connectivity index (χ1n) is 10.8. The standard InChI is InChI=1S/C27H20BrFN4O2S/c28-21-7-8-25(24(15-21)27(35)33-31-16-18-3-2-6-22(29)14-18)32-26(34)20-5-1-4-19(13-20)17-36-23-9-11-30-12-10-23/h1-16H,17H2,(H,32,34)(H,33,35)/b31-16+. The maximum atomic E-state index is 13.3. The number of thioether (sulfide) groups is 1. The highest BCUT2D eigenvalue weighted by Crippen LogP contribution is 2.24. The fraction of sp³-hybridized carbons (Fsp3) is 0.0370. The Morgan fingerprint density at radius 3 is 2.58 bits per heavy atom. The summed E-state index contributed by atoms with van der Waals surface area (Å²) in [7, 11) is 0. The summed E-state index contributed by atoms with van der Waals surface area (Å²) in [6, 6.07) is 22.0. The molecule has 4 aromatic rings. The van der Waals surface area contributed by atoms with E-state index in [1.54, 1.807) is 60.6 Å². The number of anilines is 1. The molecule has 6 nitrogen and oxygen atoms in total. The van der Waals surface area contributed by atoms with Crippen LogP contribution in [0.2, 0.25) is 0 Å². The van der Waals surface area contributed by atoms with Crippen molar-refractivity contribution < 1.29 is 14.0 Å². The molecule has 0 unspecified atom stereocenters. The molecule has 0 aliphatic carbocycles. The highest BCUT2D eigenvalue weighted by Gasteiger charge is 2.15. The number of halogens is 2. The van der Waals surface area contributed by atoms with Crippen molar-refractivity contribution in [2.45, 2.75) is 10.6 Å². The summed E-state index contributed by atoms with van der Waals surface area (Å²) in [5.41, 5.74) is 4.93. The summed E-state index contributed by atoms with van der Waals surface area (Å²) in [6.07, 6.45) is 4.82. The number of hydrogen-bond donors (Lipinski definition) is 2. The largest absolute Gasteiger partial charge is 0.321 e. The van der Waals surface area contributed by atoms with Gasteiger partial charge in [-0.25, -0.2) is 9.82 Å². The highest BCUT2D eigenvalue weighted by molar-refractivity contribution is 9.10. The van der Waals surface area contributed by atoms with E-state index in [1.807, 2.05) is 30.3 Å². The number of carbonyl (C=O) groups is 2. The van der Waals surface area contributed by atoms with Gasteiger partial charge in [0.1, 0.15) is 5.82 Å². The molecule has 0 spiro atoms. The van der Waals surface area contributed by atoms with Crippen molar-refractivity contribution >= 4 is 51.4 Å². The number of nitrogens with zero attached hydrogens (tertiary/aromatic N) is 2. The van der Waals surface area contributed by atoms with Gasteiger partial charge in [-0.3, -0.25) is 14.6 Å². The van der Waals surface area contributed by atoms with Crippen molar-refractivity contribution in [3.05, 3.63) is 124 Å². The van der Waals surface area contributed by atoms with E-state index in [2.05, 4.69) is 36.8 Å². The van der Waals surface area contributed by atoms with Gasteiger partial charge in [0.15, 0.2) is 0 Å². The van der Waals surface area contributed by atoms with Crippen LogP contribution >= 0.6 is 27.7 Å². The quantitative estimate of drug-likeness (QED) is 0.150. The number of rotatable bonds is 8. The van der Waals surface area contributed by atoms with Crippen LogP contribution in [0.5, 0.6) is 0 Å². The predicted octanol–water partition coefficient (Wildman–Crippen LogP) is 6.29. The van der Waals surface area contributed by atoms with Gasteiger partial charge < -0.3 is 5.32 Å². The fourth-order valence-electron chi connectivity index (χ4n) is 3.22. The summed E-state index contributed by atoms with van der Waals surface area (Å²) in [5.74, 6) is -0.574. The molecule has 0 atom stereocenters. The van der Waals surface area contributed by atoms with Crippen LogP contribution in [0, 0.1) is 5.82 Å². The molecule has 1 aromatic heterocycles. The van der Waals surface area contributed by atoms with E-state index < -0.39 is 11.7 Å². The van der Waals surface area contributed by atoms with Crippen molar-refractivity contribution in [3.8, 4) is 0 Å². The van der Waals surface area contributed by atoms with E-state index >= 15 is 0 Å². The topological polar surface area (TPSA) is 83.5 Å². The van der Waals surface area contributed by atoms with E-state index in [-0.39, 0.29) is 11.5 Å². The second-order valence-corrected chi connectivity index (χ2v) is 9.53. The predicted molar refractivity (Wildman–Crippen MR) is 144 cm³/mol. The third-order valence-corrected chi connectivity index (χ3v) is 6.52. The van der Waals surface area contributed by atoms with Gasteiger partial charge >= 0.3 is 0 Å². The van der Waals surface area contributed by atoms with Gasteiger partial charge in [-0.15, -0.1) is 11.8 Å². The Morgan fingerprint density at radius 2 is 1.78 bits per heavy atom. The maximum absolute atomic E-state index is 13.3. The number of benzene rings is 3. The van der Waals surface area contributed by atoms with Crippen LogP contribution in [-0.4, -0.2) is 23.0 Å². The van der Waals surface area contributed by atoms with Crippen LogP contribution < -0.4 is 10.7 Å². The molecular weight excluding hydrogens is 543 g/mol. The Labute approximate surface area is 220 Å². The molecule has 2 amide bonds. The average molecular weight is 563 g/mol. The highest BCUT2D eigenvalue weighted by atomic mass is 79.9. The van der Waals surface area contributed by atoms with Gasteiger partial charge in [0.05, 0.1) is 17.5 Å². The molecule has 2 N–H and O–H groups in total. The summed E-state index contributed by atoms with van der Waals surface area (Å²) in [4.78, 5) is 30.9. The lowest BCUT2D eigenvalue weighted by molar-refractivity contribution is 0.0956. The minimum atomic E-state index is -0.526. The van der Waals surface area contributed by atoms with Crippen LogP contribution in [0.4, 0.5) is 10.1 Å². The van der Waals surface area contributed by atoms with Crippen LogP contribution in [0.3, 0.4) is 0 Å². The van der Waals surface area contributed by atoms with Crippen molar-refractivity contribution in [2.75, 3.05) is 5.32 Å². The second-order valence-electron chi connectivity index (χ2n) is 7.57. The number of carbonyl (C=O) groups excluding carboxylic acids is 2. The lowest BCUT2D eigenvalue weighted by Crippen LogP contribution is -2.21. The Kier molecular flexibility index (Phi) is 8.59. The molecule has 180 valence electrons. The van der Waals surface area contributed by atoms with Crippen molar-refractivity contribution in [1.29, 1.82) is 0 Å². The Bertz CT molecular complexity index is 1420. The SMILES string of the molecule is O=C(Nc1ccc(Br)cc1C(=O)N/N=C/c1cccc(F)c1)c1cccc(CSc2ccncc2)c1. The minimum Gasteiger partial charge on any atom is -0.321 e. The monoisotopic (exact) mass is 562 g/mol. The number of hydrazone groups is 1. The molecule has 0 aliphatic rings. The van der Waals surface area contributed by atoms with Crippen LogP contribution in [0.1, 0.15) is 31.8 Å². The van der Waals surface area contributed by atoms with E-state index in [1.165, 1.54) is 18.3 Å². The summed E-state index contributed by atoms with van der Waals surface area (Å²) in [6.45, 7) is 0. The molecular formula is C27H20BrFN4O2S. The van der Waals surface area contributed by atoms with Crippen LogP contribution in [0.25, 0.3) is 0 Å². The molecule has 0 aliphatic heterocycles. The minimum absolute atomic E-state index is 0.221. The smallest absolute Gasteiger partial charge is 0.273 e.